The number of nitrogens with zero attached hydrogens (tertiary/aromatic N) is 1. The van der Waals surface area contributed by atoms with Crippen LogP contribution in [0, 0.1) is 0 Å². The molecule has 1 saturated carbocycles. The lowest BCUT2D eigenvalue weighted by atomic mass is 10.0. The molecule has 4 rings (SSSR count). The monoisotopic (exact) mass is 464 g/mol. The van der Waals surface area contributed by atoms with E-state index in [9.17, 15) is 14.4 Å². The number of carbonyl (C=O) groups is 3. The van der Waals surface area contributed by atoms with Crippen LogP contribution < -0.4 is 10.2 Å². The van der Waals surface area contributed by atoms with E-state index in [4.69, 9.17) is 16.0 Å². The fraction of sp³-hybridized carbons (Fsp3) is 0.269. The summed E-state index contributed by atoms with van der Waals surface area (Å²) in [6.45, 7) is 1.48. The zero-order chi connectivity index (χ0) is 23.4. The smallest absolute Gasteiger partial charge is 0.294 e. The van der Waals surface area contributed by atoms with Crippen molar-refractivity contribution in [3.05, 3.63) is 88.8 Å². The van der Waals surface area contributed by atoms with E-state index in [2.05, 4.69) is 5.32 Å². The van der Waals surface area contributed by atoms with Gasteiger partial charge in [0.15, 0.2) is 11.5 Å². The minimum absolute atomic E-state index is 0.0768. The van der Waals surface area contributed by atoms with Gasteiger partial charge in [-0.2, -0.15) is 0 Å². The molecule has 1 N–H and O–H groups in total. The van der Waals surface area contributed by atoms with Crippen molar-refractivity contribution in [2.75, 3.05) is 4.90 Å². The van der Waals surface area contributed by atoms with Gasteiger partial charge in [0.05, 0.1) is 6.26 Å². The van der Waals surface area contributed by atoms with E-state index in [1.807, 2.05) is 0 Å². The first-order valence-corrected chi connectivity index (χ1v) is 11.4. The molecule has 1 aromatic heterocycles. The molecule has 0 aliphatic heterocycles. The van der Waals surface area contributed by atoms with E-state index in [-0.39, 0.29) is 23.5 Å². The van der Waals surface area contributed by atoms with Crippen molar-refractivity contribution in [1.29, 1.82) is 0 Å². The number of furan rings is 1. The molecule has 0 bridgehead atoms. The van der Waals surface area contributed by atoms with Crippen LogP contribution in [0.25, 0.3) is 0 Å². The number of rotatable bonds is 7. The molecule has 2 aromatic carbocycles. The summed E-state index contributed by atoms with van der Waals surface area (Å²) in [6.07, 6.45) is 5.38. The van der Waals surface area contributed by atoms with Gasteiger partial charge in [0, 0.05) is 22.3 Å². The molecule has 6 nitrogen and oxygen atoms in total. The fourth-order valence-electron chi connectivity index (χ4n) is 4.17. The predicted octanol–water partition coefficient (Wildman–Crippen LogP) is 5.58. The predicted molar refractivity (Wildman–Crippen MR) is 127 cm³/mol. The second kappa shape index (κ2) is 10.0. The second-order valence-electron chi connectivity index (χ2n) is 8.20. The van der Waals surface area contributed by atoms with Crippen LogP contribution in [0.4, 0.5) is 5.69 Å². The van der Waals surface area contributed by atoms with Gasteiger partial charge in [-0.3, -0.25) is 19.3 Å². The summed E-state index contributed by atoms with van der Waals surface area (Å²) in [6, 6.07) is 15.8. The lowest BCUT2D eigenvalue weighted by Crippen LogP contribution is -2.46. The van der Waals surface area contributed by atoms with E-state index in [1.54, 1.807) is 60.7 Å². The van der Waals surface area contributed by atoms with Crippen molar-refractivity contribution in [2.24, 2.45) is 0 Å². The molecule has 0 spiro atoms. The molecule has 1 aliphatic carbocycles. The Labute approximate surface area is 197 Å². The number of anilines is 1. The maximum absolute atomic E-state index is 13.6. The average molecular weight is 465 g/mol. The van der Waals surface area contributed by atoms with Crippen molar-refractivity contribution < 1.29 is 18.8 Å². The van der Waals surface area contributed by atoms with Gasteiger partial charge >= 0.3 is 0 Å². The van der Waals surface area contributed by atoms with Gasteiger partial charge in [0.25, 0.3) is 5.91 Å². The van der Waals surface area contributed by atoms with E-state index >= 15 is 0 Å². The lowest BCUT2D eigenvalue weighted by Gasteiger charge is -2.32. The number of hydrogen-bond donors (Lipinski definition) is 1. The van der Waals surface area contributed by atoms with Crippen LogP contribution in [0.1, 0.15) is 65.1 Å². The first-order valence-electron chi connectivity index (χ1n) is 11.0. The summed E-state index contributed by atoms with van der Waals surface area (Å²) in [5, 5.41) is 3.65. The van der Waals surface area contributed by atoms with Crippen molar-refractivity contribution in [1.82, 2.24) is 5.32 Å². The Bertz CT molecular complexity index is 1120. The molecule has 1 atom stereocenters. The molecule has 0 unspecified atom stereocenters. The van der Waals surface area contributed by atoms with Crippen molar-refractivity contribution in [2.45, 2.75) is 44.7 Å². The van der Waals surface area contributed by atoms with Crippen molar-refractivity contribution >= 4 is 34.9 Å². The summed E-state index contributed by atoms with van der Waals surface area (Å²) in [4.78, 5) is 40.4. The van der Waals surface area contributed by atoms with Crippen LogP contribution in [0.5, 0.6) is 0 Å². The van der Waals surface area contributed by atoms with E-state index in [0.29, 0.717) is 21.8 Å². The number of amides is 2. The Morgan fingerprint density at radius 2 is 1.67 bits per heavy atom. The largest absolute Gasteiger partial charge is 0.459 e. The Morgan fingerprint density at radius 1 is 1.00 bits per heavy atom. The molecular formula is C26H25ClN2O4. The first kappa shape index (κ1) is 22.8. The molecule has 1 aliphatic rings. The molecule has 33 heavy (non-hydrogen) atoms. The quantitative estimate of drug-likeness (QED) is 0.463. The molecule has 0 radical (unpaired) electrons. The molecule has 1 fully saturated rings. The maximum Gasteiger partial charge on any atom is 0.294 e. The maximum atomic E-state index is 13.6. The summed E-state index contributed by atoms with van der Waals surface area (Å²) in [5.41, 5.74) is 1.61. The van der Waals surface area contributed by atoms with Gasteiger partial charge in [-0.15, -0.1) is 0 Å². The minimum Gasteiger partial charge on any atom is -0.459 e. The van der Waals surface area contributed by atoms with E-state index < -0.39 is 11.9 Å². The standard InChI is InChI=1S/C26H25ClN2O4/c1-17(30)18-10-14-22(15-11-18)29(26(32)23-7-4-16-33-23)24(19-8-12-20(27)13-9-19)25(31)28-21-5-2-3-6-21/h4,7-16,21,24H,2-3,5-6H2,1H3,(H,28,31)/t24-/m1/s1. The Kier molecular flexibility index (Phi) is 6.94. The van der Waals surface area contributed by atoms with Gasteiger partial charge in [0.1, 0.15) is 6.04 Å². The molecule has 7 heteroatoms. The third kappa shape index (κ3) is 5.17. The zero-order valence-electron chi connectivity index (χ0n) is 18.3. The SMILES string of the molecule is CC(=O)c1ccc(N(C(=O)c2ccco2)[C@@H](C(=O)NC2CCCC2)c2ccc(Cl)cc2)cc1. The van der Waals surface area contributed by atoms with E-state index in [1.165, 1.54) is 18.1 Å². The number of nitrogens with one attached hydrogen (secondary N) is 1. The molecule has 170 valence electrons. The van der Waals surface area contributed by atoms with E-state index in [0.717, 1.165) is 25.7 Å². The highest BCUT2D eigenvalue weighted by atomic mass is 35.5. The molecular weight excluding hydrogens is 440 g/mol. The van der Waals surface area contributed by atoms with Crippen molar-refractivity contribution in [3.8, 4) is 0 Å². The number of halogens is 1. The van der Waals surface area contributed by atoms with Crippen LogP contribution in [-0.2, 0) is 4.79 Å². The number of Topliss-reactive ketones (excluding diaryl/α,β-unsaturated/α-hetero) is 1. The Balaban J connectivity index is 1.80. The third-order valence-corrected chi connectivity index (χ3v) is 6.15. The normalized spacial score (nSPS) is 14.6. The van der Waals surface area contributed by atoms with Crippen molar-refractivity contribution in [3.63, 3.8) is 0 Å². The zero-order valence-corrected chi connectivity index (χ0v) is 19.0. The Morgan fingerprint density at radius 3 is 2.24 bits per heavy atom. The third-order valence-electron chi connectivity index (χ3n) is 5.90. The Hall–Kier alpha value is -3.38. The highest BCUT2D eigenvalue weighted by molar-refractivity contribution is 6.30. The van der Waals surface area contributed by atoms with Crippen LogP contribution in [0.15, 0.2) is 71.3 Å². The average Bonchev–Trinajstić information content (AvgIpc) is 3.52. The van der Waals surface area contributed by atoms with Gasteiger partial charge in [0.2, 0.25) is 5.91 Å². The molecule has 1 heterocycles. The number of benzene rings is 2. The minimum atomic E-state index is -0.955. The number of carbonyl (C=O) groups excluding carboxylic acids is 3. The number of ketones is 1. The van der Waals surface area contributed by atoms with Crippen LogP contribution in [0.2, 0.25) is 5.02 Å². The molecule has 3 aromatic rings. The summed E-state index contributed by atoms with van der Waals surface area (Å²) >= 11 is 6.09. The topological polar surface area (TPSA) is 79.6 Å². The van der Waals surface area contributed by atoms with Gasteiger partial charge in [-0.25, -0.2) is 0 Å². The molecule has 0 saturated heterocycles. The highest BCUT2D eigenvalue weighted by Crippen LogP contribution is 2.32. The lowest BCUT2D eigenvalue weighted by molar-refractivity contribution is -0.123. The van der Waals surface area contributed by atoms with Gasteiger partial charge < -0.3 is 9.73 Å². The summed E-state index contributed by atoms with van der Waals surface area (Å²) in [7, 11) is 0. The number of hydrogen-bond acceptors (Lipinski definition) is 4. The van der Waals surface area contributed by atoms with Crippen LogP contribution in [-0.4, -0.2) is 23.6 Å². The second-order valence-corrected chi connectivity index (χ2v) is 8.64. The first-order chi connectivity index (χ1) is 15.9. The highest BCUT2D eigenvalue weighted by Gasteiger charge is 2.35. The summed E-state index contributed by atoms with van der Waals surface area (Å²) < 4.78 is 5.38. The van der Waals surface area contributed by atoms with Crippen LogP contribution in [0.3, 0.4) is 0 Å². The van der Waals surface area contributed by atoms with Gasteiger partial charge in [-0.1, -0.05) is 36.6 Å². The van der Waals surface area contributed by atoms with Crippen LogP contribution >= 0.6 is 11.6 Å². The fourth-order valence-corrected chi connectivity index (χ4v) is 4.30. The molecule has 2 amide bonds. The van der Waals surface area contributed by atoms with Gasteiger partial charge in [-0.05, 0) is 73.9 Å². The summed E-state index contributed by atoms with van der Waals surface area (Å²) in [5.74, 6) is -0.714.